The predicted octanol–water partition coefficient (Wildman–Crippen LogP) is 2.06. The van der Waals surface area contributed by atoms with Crippen LogP contribution in [0, 0.1) is 24.2 Å². The van der Waals surface area contributed by atoms with Crippen LogP contribution in [0.15, 0.2) is 47.4 Å². The maximum absolute atomic E-state index is 14.1. The van der Waals surface area contributed by atoms with Gasteiger partial charge in [0, 0.05) is 11.4 Å². The molecule has 26 heavy (non-hydrogen) atoms. The van der Waals surface area contributed by atoms with Crippen molar-refractivity contribution in [1.82, 2.24) is 15.1 Å². The molecule has 1 aliphatic rings. The molecule has 0 bridgehead atoms. The Morgan fingerprint density at radius 3 is 2.42 bits per heavy atom. The fourth-order valence-corrected chi connectivity index (χ4v) is 3.35. The smallest absolute Gasteiger partial charge is 0.328 e. The zero-order chi connectivity index (χ0) is 19.3. The molecule has 1 aromatic carbocycles. The van der Waals surface area contributed by atoms with E-state index >= 15 is 0 Å². The molecule has 2 heterocycles. The van der Waals surface area contributed by atoms with Gasteiger partial charge in [-0.15, -0.1) is 0 Å². The number of aromatic nitrogens is 2. The summed E-state index contributed by atoms with van der Waals surface area (Å²) in [5.41, 5.74) is -5.42. The van der Waals surface area contributed by atoms with E-state index in [0.29, 0.717) is 5.69 Å². The average molecular weight is 362 g/mol. The summed E-state index contributed by atoms with van der Waals surface area (Å²) in [5, 5.41) is 13.8. The summed E-state index contributed by atoms with van der Waals surface area (Å²) in [6.45, 7) is 4.60. The summed E-state index contributed by atoms with van der Waals surface area (Å²) in [7, 11) is 0. The van der Waals surface area contributed by atoms with Crippen LogP contribution in [0.2, 0.25) is 0 Å². The van der Waals surface area contributed by atoms with Crippen LogP contribution in [-0.4, -0.2) is 21.9 Å². The maximum atomic E-state index is 14.1. The molecule has 1 aromatic heterocycles. The number of rotatable bonds is 2. The first-order valence-corrected chi connectivity index (χ1v) is 7.50. The van der Waals surface area contributed by atoms with E-state index in [1.165, 1.54) is 25.1 Å². The van der Waals surface area contributed by atoms with Gasteiger partial charge in [-0.1, -0.05) is 24.8 Å². The van der Waals surface area contributed by atoms with Crippen LogP contribution in [0.1, 0.15) is 11.3 Å². The van der Waals surface area contributed by atoms with E-state index in [2.05, 4.69) is 11.7 Å². The van der Waals surface area contributed by atoms with E-state index in [9.17, 15) is 28.0 Å². The molecule has 0 radical (unpaired) electrons. The first kappa shape index (κ1) is 17.5. The van der Waals surface area contributed by atoms with Crippen molar-refractivity contribution in [3.63, 3.8) is 0 Å². The lowest BCUT2D eigenvalue weighted by atomic mass is 9.71. The number of para-hydroxylation sites is 1. The number of H-pyrrole nitrogens is 1. The second-order valence-electron chi connectivity index (χ2n) is 5.94. The Balaban J connectivity index is 2.38. The molecule has 2 atom stereocenters. The molecule has 0 saturated carbocycles. The number of alkyl halides is 3. The summed E-state index contributed by atoms with van der Waals surface area (Å²) in [5.74, 6) is -3.44. The quantitative estimate of drug-likeness (QED) is 0.857. The highest BCUT2D eigenvalue weighted by atomic mass is 19.4. The lowest BCUT2D eigenvalue weighted by molar-refractivity contribution is -0.196. The summed E-state index contributed by atoms with van der Waals surface area (Å²) >= 11 is 0. The molecule has 3 rings (SSSR count). The number of benzene rings is 1. The summed E-state index contributed by atoms with van der Waals surface area (Å²) in [4.78, 5) is 25.2. The molecule has 134 valence electrons. The normalized spacial score (nSPS) is 23.0. The maximum Gasteiger partial charge on any atom is 0.409 e. The van der Waals surface area contributed by atoms with Gasteiger partial charge in [-0.05, 0) is 19.1 Å². The van der Waals surface area contributed by atoms with E-state index < -0.39 is 34.5 Å². The van der Waals surface area contributed by atoms with Gasteiger partial charge in [-0.2, -0.15) is 18.4 Å². The van der Waals surface area contributed by atoms with Gasteiger partial charge in [0.25, 0.3) is 5.56 Å². The van der Waals surface area contributed by atoms with Gasteiger partial charge in [-0.3, -0.25) is 14.7 Å². The number of nitrogens with zero attached hydrogens (tertiary/aromatic N) is 2. The first-order valence-electron chi connectivity index (χ1n) is 7.50. The number of nitriles is 1. The summed E-state index contributed by atoms with van der Waals surface area (Å²) in [6, 6.07) is 9.43. The van der Waals surface area contributed by atoms with Crippen LogP contribution in [0.4, 0.5) is 13.2 Å². The van der Waals surface area contributed by atoms with Crippen LogP contribution in [0.3, 0.4) is 0 Å². The predicted molar refractivity (Wildman–Crippen MR) is 85.2 cm³/mol. The first-order chi connectivity index (χ1) is 12.2. The monoisotopic (exact) mass is 362 g/mol. The Kier molecular flexibility index (Phi) is 3.79. The van der Waals surface area contributed by atoms with E-state index in [1.807, 2.05) is 5.32 Å². The van der Waals surface area contributed by atoms with Gasteiger partial charge in [-0.25, -0.2) is 4.68 Å². The molecule has 6 nitrogen and oxygen atoms in total. The standard InChI is InChI=1S/C17H13F3N4O2/c1-9-12(8-21)16(15(26)22-9,17(18,19)20)13-10(2)23-24(14(13)25)11-6-4-3-5-7-11/h3-7,12,23H,1H2,2H3,(H,22,26)/t12-,16+/m1/s1. The highest BCUT2D eigenvalue weighted by Crippen LogP contribution is 2.51. The number of carbonyl (C=O) groups is 1. The molecule has 0 aliphatic carbocycles. The minimum absolute atomic E-state index is 0.152. The van der Waals surface area contributed by atoms with Gasteiger partial charge in [0.15, 0.2) is 5.41 Å². The molecular weight excluding hydrogens is 349 g/mol. The Morgan fingerprint density at radius 2 is 1.88 bits per heavy atom. The summed E-state index contributed by atoms with van der Waals surface area (Å²) in [6.07, 6.45) is -5.18. The number of nitrogens with one attached hydrogen (secondary N) is 2. The molecule has 2 N–H and O–H groups in total. The zero-order valence-corrected chi connectivity index (χ0v) is 13.5. The fraction of sp³-hybridized carbons (Fsp3) is 0.235. The van der Waals surface area contributed by atoms with E-state index in [-0.39, 0.29) is 11.4 Å². The third-order valence-electron chi connectivity index (χ3n) is 4.47. The number of aromatic amines is 1. The largest absolute Gasteiger partial charge is 0.409 e. The third kappa shape index (κ3) is 2.12. The third-order valence-corrected chi connectivity index (χ3v) is 4.47. The Bertz CT molecular complexity index is 998. The molecule has 1 saturated heterocycles. The number of aryl methyl sites for hydroxylation is 1. The Morgan fingerprint density at radius 1 is 1.27 bits per heavy atom. The second-order valence-corrected chi connectivity index (χ2v) is 5.94. The molecule has 0 unspecified atom stereocenters. The molecule has 2 aromatic rings. The van der Waals surface area contributed by atoms with Crippen LogP contribution >= 0.6 is 0 Å². The lowest BCUT2D eigenvalue weighted by Crippen LogP contribution is -2.54. The number of hydrogen-bond donors (Lipinski definition) is 2. The van der Waals surface area contributed by atoms with Crippen molar-refractivity contribution in [3.8, 4) is 11.8 Å². The van der Waals surface area contributed by atoms with Crippen LogP contribution in [-0.2, 0) is 10.2 Å². The Hall–Kier alpha value is -3.28. The minimum atomic E-state index is -5.18. The summed E-state index contributed by atoms with van der Waals surface area (Å²) < 4.78 is 43.3. The number of halogens is 3. The number of amides is 1. The molecule has 1 aliphatic heterocycles. The topological polar surface area (TPSA) is 90.7 Å². The number of hydrogen-bond acceptors (Lipinski definition) is 3. The number of carbonyl (C=O) groups excluding carboxylic acids is 1. The van der Waals surface area contributed by atoms with Crippen LogP contribution in [0.25, 0.3) is 5.69 Å². The molecule has 1 amide bonds. The van der Waals surface area contributed by atoms with Crippen molar-refractivity contribution in [2.24, 2.45) is 5.92 Å². The van der Waals surface area contributed by atoms with Gasteiger partial charge in [0.05, 0.1) is 17.3 Å². The van der Waals surface area contributed by atoms with Crippen LogP contribution in [0.5, 0.6) is 0 Å². The van der Waals surface area contributed by atoms with Gasteiger partial charge in [0.2, 0.25) is 5.91 Å². The zero-order valence-electron chi connectivity index (χ0n) is 13.5. The Labute approximate surface area is 145 Å². The fourth-order valence-electron chi connectivity index (χ4n) is 3.35. The highest BCUT2D eigenvalue weighted by molar-refractivity contribution is 5.95. The van der Waals surface area contributed by atoms with E-state index in [1.54, 1.807) is 18.2 Å². The lowest BCUT2D eigenvalue weighted by Gasteiger charge is -2.30. The van der Waals surface area contributed by atoms with Gasteiger partial charge >= 0.3 is 6.18 Å². The van der Waals surface area contributed by atoms with Crippen molar-refractivity contribution >= 4 is 5.91 Å². The van der Waals surface area contributed by atoms with Crippen molar-refractivity contribution in [2.45, 2.75) is 18.5 Å². The molecule has 0 spiro atoms. The SMILES string of the molecule is C=C1NC(=O)[C@](c2c(C)[nH]n(-c3ccccc3)c2=O)(C(F)(F)F)[C@@H]1C#N. The molecule has 1 fully saturated rings. The highest BCUT2D eigenvalue weighted by Gasteiger charge is 2.72. The average Bonchev–Trinajstić information content (AvgIpc) is 3.00. The van der Waals surface area contributed by atoms with E-state index in [4.69, 9.17) is 0 Å². The number of allylic oxidation sites excluding steroid dienone is 1. The second kappa shape index (κ2) is 5.62. The van der Waals surface area contributed by atoms with Crippen molar-refractivity contribution < 1.29 is 18.0 Å². The molecule has 9 heteroatoms. The van der Waals surface area contributed by atoms with Gasteiger partial charge < -0.3 is 5.32 Å². The van der Waals surface area contributed by atoms with Gasteiger partial charge in [0.1, 0.15) is 5.92 Å². The van der Waals surface area contributed by atoms with Crippen molar-refractivity contribution in [1.29, 1.82) is 5.26 Å². The van der Waals surface area contributed by atoms with Crippen LogP contribution < -0.4 is 10.9 Å². The van der Waals surface area contributed by atoms with E-state index in [0.717, 1.165) is 4.68 Å². The minimum Gasteiger partial charge on any atom is -0.328 e. The van der Waals surface area contributed by atoms with Crippen molar-refractivity contribution in [3.05, 3.63) is 64.2 Å². The van der Waals surface area contributed by atoms with Crippen molar-refractivity contribution in [2.75, 3.05) is 0 Å². The molecular formula is C17H13F3N4O2.